The first-order chi connectivity index (χ1) is 16.8. The van der Waals surface area contributed by atoms with Crippen LogP contribution in [0.25, 0.3) is 10.9 Å². The number of esters is 1. The lowest BCUT2D eigenvalue weighted by molar-refractivity contribution is -0.145. The number of sulfonamides is 1. The maximum Gasteiger partial charge on any atom is 0.328 e. The monoisotopic (exact) mass is 499 g/mol. The molecule has 10 heteroatoms. The fourth-order valence-corrected chi connectivity index (χ4v) is 5.87. The summed E-state index contributed by atoms with van der Waals surface area (Å²) in [6.45, 7) is 0.440. The number of piperidine rings is 1. The molecule has 2 N–H and O–H groups in total. The summed E-state index contributed by atoms with van der Waals surface area (Å²) in [5, 5.41) is 3.81. The lowest BCUT2D eigenvalue weighted by Crippen LogP contribution is -2.48. The molecule has 0 unspecified atom stereocenters. The van der Waals surface area contributed by atoms with Gasteiger partial charge >= 0.3 is 5.97 Å². The van der Waals surface area contributed by atoms with Crippen molar-refractivity contribution in [3.05, 3.63) is 60.3 Å². The van der Waals surface area contributed by atoms with Gasteiger partial charge in [-0.2, -0.15) is 4.31 Å². The molecule has 4 rings (SSSR count). The molecule has 3 aromatic rings. The number of aromatic nitrogens is 1. The predicted molar refractivity (Wildman–Crippen MR) is 130 cm³/mol. The normalized spacial score (nSPS) is 16.1. The van der Waals surface area contributed by atoms with Crippen LogP contribution in [0.2, 0.25) is 0 Å². The smallest absolute Gasteiger partial charge is 0.328 e. The van der Waals surface area contributed by atoms with Crippen molar-refractivity contribution in [2.45, 2.75) is 30.2 Å². The third-order valence-electron chi connectivity index (χ3n) is 6.42. The average Bonchev–Trinajstić information content (AvgIpc) is 3.30. The average molecular weight is 500 g/mol. The number of methoxy groups -OCH3 is 2. The number of carbonyl (C=O) groups is 2. The van der Waals surface area contributed by atoms with Gasteiger partial charge in [-0.05, 0) is 48.7 Å². The Kier molecular flexibility index (Phi) is 7.42. The van der Waals surface area contributed by atoms with Gasteiger partial charge in [0.25, 0.3) is 0 Å². The van der Waals surface area contributed by atoms with E-state index in [1.807, 2.05) is 30.5 Å². The molecule has 186 valence electrons. The molecule has 1 saturated heterocycles. The van der Waals surface area contributed by atoms with E-state index >= 15 is 0 Å². The van der Waals surface area contributed by atoms with E-state index in [1.165, 1.54) is 30.7 Å². The molecule has 0 bridgehead atoms. The van der Waals surface area contributed by atoms with Crippen LogP contribution in [-0.2, 0) is 30.8 Å². The second kappa shape index (κ2) is 10.5. The summed E-state index contributed by atoms with van der Waals surface area (Å²) in [4.78, 5) is 28.8. The summed E-state index contributed by atoms with van der Waals surface area (Å²) in [6.07, 6.45) is 2.84. The van der Waals surface area contributed by atoms with Crippen LogP contribution in [0.5, 0.6) is 5.75 Å². The van der Waals surface area contributed by atoms with Crippen LogP contribution < -0.4 is 10.1 Å². The Hall–Kier alpha value is -3.37. The molecule has 1 aliphatic rings. The third kappa shape index (κ3) is 5.33. The van der Waals surface area contributed by atoms with Crippen LogP contribution in [0.3, 0.4) is 0 Å². The Morgan fingerprint density at radius 3 is 2.43 bits per heavy atom. The lowest BCUT2D eigenvalue weighted by Gasteiger charge is -2.31. The topological polar surface area (TPSA) is 118 Å². The molecule has 0 radical (unpaired) electrons. The number of nitrogens with one attached hydrogen (secondary N) is 2. The van der Waals surface area contributed by atoms with Gasteiger partial charge in [0.15, 0.2) is 0 Å². The zero-order valence-electron chi connectivity index (χ0n) is 19.7. The molecule has 0 aliphatic carbocycles. The molecule has 1 amide bonds. The summed E-state index contributed by atoms with van der Waals surface area (Å²) in [7, 11) is -0.854. The lowest BCUT2D eigenvalue weighted by atomic mass is 9.96. The van der Waals surface area contributed by atoms with Crippen LogP contribution >= 0.6 is 0 Å². The van der Waals surface area contributed by atoms with Gasteiger partial charge in [-0.15, -0.1) is 0 Å². The number of ether oxygens (including phenoxy) is 2. The zero-order valence-corrected chi connectivity index (χ0v) is 20.5. The number of rotatable bonds is 8. The Morgan fingerprint density at radius 1 is 1.09 bits per heavy atom. The Bertz CT molecular complexity index is 1290. The number of amides is 1. The Labute approximate surface area is 204 Å². The van der Waals surface area contributed by atoms with Gasteiger partial charge in [-0.3, -0.25) is 4.79 Å². The number of hydrogen-bond acceptors (Lipinski definition) is 6. The van der Waals surface area contributed by atoms with Crippen molar-refractivity contribution in [1.82, 2.24) is 14.6 Å². The zero-order chi connectivity index (χ0) is 25.0. The SMILES string of the molecule is COC(=O)[C@@H](Cc1c[nH]c2ccccc12)NC(=O)C1CCN(S(=O)(=O)c2ccc(OC)cc2)CC1. The van der Waals surface area contributed by atoms with E-state index in [2.05, 4.69) is 10.3 Å². The highest BCUT2D eigenvalue weighted by Crippen LogP contribution is 2.26. The van der Waals surface area contributed by atoms with Crippen molar-refractivity contribution < 1.29 is 27.5 Å². The molecular formula is C25H29N3O6S. The molecule has 0 spiro atoms. The predicted octanol–water partition coefficient (Wildman–Crippen LogP) is 2.48. The van der Waals surface area contributed by atoms with Crippen LogP contribution in [0.15, 0.2) is 59.6 Å². The third-order valence-corrected chi connectivity index (χ3v) is 8.34. The highest BCUT2D eigenvalue weighted by molar-refractivity contribution is 7.89. The summed E-state index contributed by atoms with van der Waals surface area (Å²) in [5.74, 6) is -0.621. The van der Waals surface area contributed by atoms with Crippen molar-refractivity contribution in [2.24, 2.45) is 5.92 Å². The fraction of sp³-hybridized carbons (Fsp3) is 0.360. The summed E-state index contributed by atoms with van der Waals surface area (Å²) in [5.41, 5.74) is 1.85. The number of hydrogen-bond donors (Lipinski definition) is 2. The molecule has 1 aromatic heterocycles. The molecule has 1 fully saturated rings. The molecule has 9 nitrogen and oxygen atoms in total. The first kappa shape index (κ1) is 24.7. The number of fused-ring (bicyclic) bond motifs is 1. The van der Waals surface area contributed by atoms with Gasteiger partial charge in [0.05, 0.1) is 19.1 Å². The molecule has 2 heterocycles. The van der Waals surface area contributed by atoms with Crippen LogP contribution in [0, 0.1) is 5.92 Å². The standard InChI is InChI=1S/C25H29N3O6S/c1-33-19-7-9-20(10-8-19)35(31,32)28-13-11-17(12-14-28)24(29)27-23(25(30)34-2)15-18-16-26-22-6-4-3-5-21(18)22/h3-10,16-17,23,26H,11-15H2,1-2H3,(H,27,29)/t23-/m1/s1. The fourth-order valence-electron chi connectivity index (χ4n) is 4.40. The van der Waals surface area contributed by atoms with E-state index in [4.69, 9.17) is 9.47 Å². The summed E-state index contributed by atoms with van der Waals surface area (Å²) < 4.78 is 37.4. The van der Waals surface area contributed by atoms with Crippen molar-refractivity contribution in [2.75, 3.05) is 27.3 Å². The van der Waals surface area contributed by atoms with Gasteiger partial charge in [0, 0.05) is 42.5 Å². The van der Waals surface area contributed by atoms with E-state index in [-0.39, 0.29) is 30.3 Å². The Balaban J connectivity index is 1.39. The van der Waals surface area contributed by atoms with Gasteiger partial charge in [-0.1, -0.05) is 18.2 Å². The minimum Gasteiger partial charge on any atom is -0.497 e. The minimum atomic E-state index is -3.66. The van der Waals surface area contributed by atoms with Gasteiger partial charge < -0.3 is 19.8 Å². The van der Waals surface area contributed by atoms with E-state index in [0.29, 0.717) is 18.6 Å². The van der Waals surface area contributed by atoms with Gasteiger partial charge in [0.1, 0.15) is 11.8 Å². The highest BCUT2D eigenvalue weighted by Gasteiger charge is 2.34. The summed E-state index contributed by atoms with van der Waals surface area (Å²) >= 11 is 0. The van der Waals surface area contributed by atoms with Crippen molar-refractivity contribution >= 4 is 32.8 Å². The number of carbonyl (C=O) groups excluding carboxylic acids is 2. The highest BCUT2D eigenvalue weighted by atomic mass is 32.2. The van der Waals surface area contributed by atoms with E-state index in [9.17, 15) is 18.0 Å². The van der Waals surface area contributed by atoms with Crippen LogP contribution in [-0.4, -0.2) is 62.9 Å². The van der Waals surface area contributed by atoms with Gasteiger partial charge in [-0.25, -0.2) is 13.2 Å². The number of benzene rings is 2. The molecule has 0 saturated carbocycles. The van der Waals surface area contributed by atoms with E-state index in [0.717, 1.165) is 16.5 Å². The van der Waals surface area contributed by atoms with Crippen molar-refractivity contribution in [3.63, 3.8) is 0 Å². The van der Waals surface area contributed by atoms with Crippen molar-refractivity contribution in [3.8, 4) is 5.75 Å². The Morgan fingerprint density at radius 2 is 1.77 bits per heavy atom. The largest absolute Gasteiger partial charge is 0.497 e. The van der Waals surface area contributed by atoms with E-state index < -0.39 is 28.0 Å². The van der Waals surface area contributed by atoms with Crippen LogP contribution in [0.1, 0.15) is 18.4 Å². The number of para-hydroxylation sites is 1. The van der Waals surface area contributed by atoms with Crippen molar-refractivity contribution in [1.29, 1.82) is 0 Å². The number of nitrogens with zero attached hydrogens (tertiary/aromatic N) is 1. The maximum atomic E-state index is 13.0. The minimum absolute atomic E-state index is 0.186. The maximum absolute atomic E-state index is 13.0. The molecule has 35 heavy (non-hydrogen) atoms. The molecule has 2 aromatic carbocycles. The second-order valence-corrected chi connectivity index (χ2v) is 10.4. The quantitative estimate of drug-likeness (QED) is 0.460. The number of aromatic amines is 1. The summed E-state index contributed by atoms with van der Waals surface area (Å²) in [6, 6.07) is 13.1. The van der Waals surface area contributed by atoms with E-state index in [1.54, 1.807) is 12.1 Å². The molecular weight excluding hydrogens is 470 g/mol. The van der Waals surface area contributed by atoms with Crippen LogP contribution in [0.4, 0.5) is 0 Å². The molecule has 1 aliphatic heterocycles. The molecule has 1 atom stereocenters. The second-order valence-electron chi connectivity index (χ2n) is 8.50. The number of H-pyrrole nitrogens is 1. The first-order valence-electron chi connectivity index (χ1n) is 11.4. The van der Waals surface area contributed by atoms with Gasteiger partial charge in [0.2, 0.25) is 15.9 Å². The first-order valence-corrected chi connectivity index (χ1v) is 12.8.